The number of hydrogen-bond donors (Lipinski definition) is 2. The number of carbonyl (C=O) groups excluding carboxylic acids is 1. The zero-order valence-electron chi connectivity index (χ0n) is 15.9. The van der Waals surface area contributed by atoms with Gasteiger partial charge in [0.1, 0.15) is 12.6 Å². The summed E-state index contributed by atoms with van der Waals surface area (Å²) in [7, 11) is 0. The van der Waals surface area contributed by atoms with E-state index in [0.717, 1.165) is 16.8 Å². The van der Waals surface area contributed by atoms with Crippen LogP contribution in [0, 0.1) is 0 Å². The number of carbonyl (C=O) groups is 2. The minimum atomic E-state index is -1.13. The van der Waals surface area contributed by atoms with Crippen molar-refractivity contribution >= 4 is 41.0 Å². The largest absolute Gasteiger partial charge is 0.480 e. The van der Waals surface area contributed by atoms with Crippen LogP contribution >= 0.6 is 23.2 Å². The fourth-order valence-corrected chi connectivity index (χ4v) is 3.17. The molecule has 29 heavy (non-hydrogen) atoms. The summed E-state index contributed by atoms with van der Waals surface area (Å²) in [6, 6.07) is 15.5. The van der Waals surface area contributed by atoms with E-state index in [1.54, 1.807) is 0 Å². The number of aliphatic carboxylic acids is 1. The first-order valence-corrected chi connectivity index (χ1v) is 10.3. The maximum absolute atomic E-state index is 12.0. The monoisotopic (exact) mass is 438 g/mol. The zero-order chi connectivity index (χ0) is 21.1. The summed E-state index contributed by atoms with van der Waals surface area (Å²) in [5, 5.41) is 11.9. The summed E-state index contributed by atoms with van der Waals surface area (Å²) in [5.74, 6) is -0.166. The molecular weight excluding hydrogens is 415 g/mol. The Labute approximate surface area is 180 Å². The van der Waals surface area contributed by atoms with Crippen molar-refractivity contribution in [3.8, 4) is 0 Å². The van der Waals surface area contributed by atoms with Gasteiger partial charge in [-0.15, -0.1) is 23.2 Å². The first-order chi connectivity index (χ1) is 14.0. The van der Waals surface area contributed by atoms with Crippen molar-refractivity contribution in [2.24, 2.45) is 0 Å². The molecule has 0 aliphatic rings. The topological polar surface area (TPSA) is 78.9 Å². The second-order valence-electron chi connectivity index (χ2n) is 6.33. The average Bonchev–Trinajstić information content (AvgIpc) is 2.73. The van der Waals surface area contributed by atoms with E-state index < -0.39 is 18.1 Å². The molecule has 0 heterocycles. The third kappa shape index (κ3) is 7.83. The van der Waals surface area contributed by atoms with Crippen LogP contribution in [0.5, 0.6) is 0 Å². The Morgan fingerprint density at radius 3 is 2.14 bits per heavy atom. The molecule has 0 bridgehead atoms. The number of carboxylic acids is 1. The van der Waals surface area contributed by atoms with Crippen LogP contribution < -0.4 is 10.2 Å². The first kappa shape index (κ1) is 22.8. The Morgan fingerprint density at radius 1 is 0.966 bits per heavy atom. The van der Waals surface area contributed by atoms with Crippen molar-refractivity contribution in [3.63, 3.8) is 0 Å². The number of benzene rings is 2. The fraction of sp³-hybridized carbons (Fsp3) is 0.333. The standard InChI is InChI=1S/C21H24Cl2N2O4/c22-10-12-25(13-11-23)18-8-6-16(7-9-18)14-19(20(26)27)24-21(28)29-15-17-4-2-1-3-5-17/h1-9,19H,10-15H2,(H,24,28)(H,26,27)/t19-/m0/s1. The molecule has 156 valence electrons. The van der Waals surface area contributed by atoms with E-state index in [-0.39, 0.29) is 13.0 Å². The Balaban J connectivity index is 1.93. The number of rotatable bonds is 11. The molecule has 8 heteroatoms. The summed E-state index contributed by atoms with van der Waals surface area (Å²) in [6.07, 6.45) is -0.630. The molecule has 0 spiro atoms. The van der Waals surface area contributed by atoms with Crippen LogP contribution in [-0.2, 0) is 22.6 Å². The van der Waals surface area contributed by atoms with Crippen LogP contribution in [0.15, 0.2) is 54.6 Å². The van der Waals surface area contributed by atoms with Gasteiger partial charge in [0, 0.05) is 37.0 Å². The number of alkyl carbamates (subject to hydrolysis) is 1. The van der Waals surface area contributed by atoms with E-state index >= 15 is 0 Å². The Hall–Kier alpha value is -2.44. The molecule has 2 rings (SSSR count). The fourth-order valence-electron chi connectivity index (χ4n) is 2.76. The second-order valence-corrected chi connectivity index (χ2v) is 7.09. The molecule has 0 aliphatic heterocycles. The molecule has 6 nitrogen and oxygen atoms in total. The highest BCUT2D eigenvalue weighted by molar-refractivity contribution is 6.18. The molecule has 0 radical (unpaired) electrons. The Bertz CT molecular complexity index is 766. The van der Waals surface area contributed by atoms with Crippen LogP contribution in [0.1, 0.15) is 11.1 Å². The van der Waals surface area contributed by atoms with Gasteiger partial charge in [0.15, 0.2) is 0 Å². The number of carboxylic acid groups (broad SMARTS) is 1. The van der Waals surface area contributed by atoms with Gasteiger partial charge < -0.3 is 20.1 Å². The SMILES string of the molecule is O=C(N[C@@H](Cc1ccc(N(CCCl)CCCl)cc1)C(=O)O)OCc1ccccc1. The van der Waals surface area contributed by atoms with E-state index in [9.17, 15) is 14.7 Å². The van der Waals surface area contributed by atoms with Gasteiger partial charge in [-0.2, -0.15) is 0 Å². The molecule has 0 aromatic heterocycles. The molecule has 2 aromatic rings. The van der Waals surface area contributed by atoms with Crippen LogP contribution in [0.2, 0.25) is 0 Å². The number of amides is 1. The Morgan fingerprint density at radius 2 is 1.59 bits per heavy atom. The van der Waals surface area contributed by atoms with Crippen molar-refractivity contribution in [2.75, 3.05) is 29.7 Å². The summed E-state index contributed by atoms with van der Waals surface area (Å²) >= 11 is 11.7. The van der Waals surface area contributed by atoms with Crippen LogP contribution in [-0.4, -0.2) is 48.1 Å². The van der Waals surface area contributed by atoms with Crippen LogP contribution in [0.3, 0.4) is 0 Å². The van der Waals surface area contributed by atoms with E-state index in [0.29, 0.717) is 24.8 Å². The number of anilines is 1. The van der Waals surface area contributed by atoms with E-state index in [1.165, 1.54) is 0 Å². The van der Waals surface area contributed by atoms with Crippen molar-refractivity contribution in [1.82, 2.24) is 5.32 Å². The zero-order valence-corrected chi connectivity index (χ0v) is 17.4. The minimum absolute atomic E-state index is 0.0741. The highest BCUT2D eigenvalue weighted by atomic mass is 35.5. The predicted octanol–water partition coefficient (Wildman–Crippen LogP) is 3.89. The normalized spacial score (nSPS) is 11.5. The van der Waals surface area contributed by atoms with Gasteiger partial charge in [-0.3, -0.25) is 0 Å². The summed E-state index contributed by atoms with van der Waals surface area (Å²) < 4.78 is 5.11. The molecule has 2 N–H and O–H groups in total. The molecule has 0 saturated heterocycles. The number of alkyl halides is 2. The van der Waals surface area contributed by atoms with Crippen molar-refractivity contribution in [1.29, 1.82) is 0 Å². The van der Waals surface area contributed by atoms with Gasteiger partial charge in [-0.25, -0.2) is 9.59 Å². The van der Waals surface area contributed by atoms with Gasteiger partial charge in [0.25, 0.3) is 0 Å². The lowest BCUT2D eigenvalue weighted by Crippen LogP contribution is -2.42. The predicted molar refractivity (Wildman–Crippen MR) is 115 cm³/mol. The number of nitrogens with zero attached hydrogens (tertiary/aromatic N) is 1. The van der Waals surface area contributed by atoms with Crippen LogP contribution in [0.4, 0.5) is 10.5 Å². The molecule has 0 aliphatic carbocycles. The van der Waals surface area contributed by atoms with E-state index in [2.05, 4.69) is 10.2 Å². The minimum Gasteiger partial charge on any atom is -0.480 e. The van der Waals surface area contributed by atoms with Crippen molar-refractivity contribution in [3.05, 3.63) is 65.7 Å². The van der Waals surface area contributed by atoms with Gasteiger partial charge >= 0.3 is 12.1 Å². The average molecular weight is 439 g/mol. The van der Waals surface area contributed by atoms with E-state index in [1.807, 2.05) is 54.6 Å². The number of nitrogens with one attached hydrogen (secondary N) is 1. The smallest absolute Gasteiger partial charge is 0.408 e. The number of hydrogen-bond acceptors (Lipinski definition) is 4. The highest BCUT2D eigenvalue weighted by Gasteiger charge is 2.21. The molecule has 1 amide bonds. The van der Waals surface area contributed by atoms with Crippen molar-refractivity contribution < 1.29 is 19.4 Å². The third-order valence-electron chi connectivity index (χ3n) is 4.25. The summed E-state index contributed by atoms with van der Waals surface area (Å²) in [6.45, 7) is 1.41. The molecule has 0 unspecified atom stereocenters. The van der Waals surface area contributed by atoms with E-state index in [4.69, 9.17) is 27.9 Å². The molecule has 1 atom stereocenters. The lowest BCUT2D eigenvalue weighted by molar-refractivity contribution is -0.139. The van der Waals surface area contributed by atoms with Gasteiger partial charge in [0.2, 0.25) is 0 Å². The number of ether oxygens (including phenoxy) is 1. The van der Waals surface area contributed by atoms with Gasteiger partial charge in [0.05, 0.1) is 0 Å². The van der Waals surface area contributed by atoms with Crippen LogP contribution in [0.25, 0.3) is 0 Å². The lowest BCUT2D eigenvalue weighted by Gasteiger charge is -2.23. The van der Waals surface area contributed by atoms with Gasteiger partial charge in [-0.05, 0) is 23.3 Å². The maximum atomic E-state index is 12.0. The quantitative estimate of drug-likeness (QED) is 0.520. The van der Waals surface area contributed by atoms with Crippen molar-refractivity contribution in [2.45, 2.75) is 19.1 Å². The summed E-state index contributed by atoms with van der Waals surface area (Å²) in [4.78, 5) is 25.6. The molecule has 0 fully saturated rings. The third-order valence-corrected chi connectivity index (χ3v) is 4.59. The maximum Gasteiger partial charge on any atom is 0.408 e. The summed E-state index contributed by atoms with van der Waals surface area (Å²) in [5.41, 5.74) is 2.56. The second kappa shape index (κ2) is 12.2. The lowest BCUT2D eigenvalue weighted by atomic mass is 10.1. The number of halogens is 2. The Kier molecular flexibility index (Phi) is 9.60. The first-order valence-electron chi connectivity index (χ1n) is 9.19. The highest BCUT2D eigenvalue weighted by Crippen LogP contribution is 2.17. The molecule has 2 aromatic carbocycles. The molecular formula is C21H24Cl2N2O4. The molecule has 0 saturated carbocycles. The van der Waals surface area contributed by atoms with Gasteiger partial charge in [-0.1, -0.05) is 42.5 Å².